The lowest BCUT2D eigenvalue weighted by Crippen LogP contribution is -2.49. The van der Waals surface area contributed by atoms with Crippen molar-refractivity contribution in [3.05, 3.63) is 42.0 Å². The van der Waals surface area contributed by atoms with Crippen LogP contribution in [-0.4, -0.2) is 48.9 Å². The van der Waals surface area contributed by atoms with Crippen molar-refractivity contribution in [2.45, 2.75) is 51.9 Å². The van der Waals surface area contributed by atoms with Gasteiger partial charge in [-0.2, -0.15) is 0 Å². The van der Waals surface area contributed by atoms with Crippen LogP contribution in [0.25, 0.3) is 11.1 Å². The third-order valence-electron chi connectivity index (χ3n) is 5.99. The van der Waals surface area contributed by atoms with E-state index in [1.54, 1.807) is 24.5 Å². The molecule has 1 aromatic heterocycles. The number of esters is 1. The van der Waals surface area contributed by atoms with Crippen LogP contribution in [0.1, 0.15) is 32.8 Å². The van der Waals surface area contributed by atoms with Crippen LogP contribution in [-0.2, 0) is 20.7 Å². The number of carbonyl (C=O) groups excluding carboxylic acids is 1. The van der Waals surface area contributed by atoms with Gasteiger partial charge in [0.05, 0.1) is 18.8 Å². The first-order chi connectivity index (χ1) is 15.9. The summed E-state index contributed by atoms with van der Waals surface area (Å²) in [6.45, 7) is 11.7. The Labute approximate surface area is 199 Å². The predicted octanol–water partition coefficient (Wildman–Crippen LogP) is 3.85. The molecule has 0 saturated carbocycles. The van der Waals surface area contributed by atoms with Crippen LogP contribution in [0, 0.1) is 11.2 Å². The molecule has 1 aliphatic heterocycles. The topological polar surface area (TPSA) is 127 Å². The minimum absolute atomic E-state index is 0.0855. The average Bonchev–Trinajstić information content (AvgIpc) is 2.71. The van der Waals surface area contributed by atoms with Crippen LogP contribution >= 0.6 is 0 Å². The number of carbonyl (C=O) groups is 1. The summed E-state index contributed by atoms with van der Waals surface area (Å²) in [6.07, 6.45) is 2.79. The van der Waals surface area contributed by atoms with Crippen LogP contribution in [0.5, 0.6) is 0 Å². The van der Waals surface area contributed by atoms with Gasteiger partial charge in [-0.15, -0.1) is 5.16 Å². The van der Waals surface area contributed by atoms with Crippen molar-refractivity contribution in [3.63, 3.8) is 0 Å². The van der Waals surface area contributed by atoms with Gasteiger partial charge < -0.3 is 19.9 Å². The first-order valence-corrected chi connectivity index (χ1v) is 13.9. The van der Waals surface area contributed by atoms with E-state index in [-0.39, 0.29) is 29.5 Å². The molecule has 0 radical (unpaired) electrons. The third kappa shape index (κ3) is 5.96. The Morgan fingerprint density at radius 2 is 1.91 bits per heavy atom. The van der Waals surface area contributed by atoms with Crippen LogP contribution in [0.15, 0.2) is 35.7 Å². The highest BCUT2D eigenvalue weighted by Crippen LogP contribution is 2.36. The molecule has 1 saturated heterocycles. The first kappa shape index (κ1) is 25.3. The van der Waals surface area contributed by atoms with Crippen molar-refractivity contribution in [3.8, 4) is 11.1 Å². The highest BCUT2D eigenvalue weighted by Gasteiger charge is 2.40. The Balaban J connectivity index is 1.62. The number of amidine groups is 1. The van der Waals surface area contributed by atoms with Crippen molar-refractivity contribution in [2.75, 3.05) is 18.0 Å². The molecule has 2 heterocycles. The number of nitrogens with two attached hydrogens (primary N) is 1. The zero-order valence-corrected chi connectivity index (χ0v) is 21.2. The van der Waals surface area contributed by atoms with Crippen LogP contribution < -0.4 is 10.6 Å². The molecule has 3 rings (SSSR count). The van der Waals surface area contributed by atoms with Gasteiger partial charge in [0.15, 0.2) is 0 Å². The van der Waals surface area contributed by atoms with Crippen LogP contribution in [0.2, 0.25) is 18.1 Å². The van der Waals surface area contributed by atoms with Gasteiger partial charge in [0, 0.05) is 29.1 Å². The van der Waals surface area contributed by atoms with E-state index in [1.165, 1.54) is 6.07 Å². The van der Waals surface area contributed by atoms with Gasteiger partial charge >= 0.3 is 5.97 Å². The Bertz CT molecular complexity index is 1090. The molecule has 1 aromatic carbocycles. The summed E-state index contributed by atoms with van der Waals surface area (Å²) in [6, 6.07) is 4.81. The third-order valence-corrected chi connectivity index (χ3v) is 10.2. The summed E-state index contributed by atoms with van der Waals surface area (Å²) in [5.74, 6) is -0.974. The number of nitrogens with one attached hydrogen (secondary N) is 1. The van der Waals surface area contributed by atoms with Gasteiger partial charge in [0.1, 0.15) is 24.7 Å². The zero-order valence-electron chi connectivity index (χ0n) is 20.2. The van der Waals surface area contributed by atoms with Gasteiger partial charge in [0.25, 0.3) is 8.32 Å². The summed E-state index contributed by atoms with van der Waals surface area (Å²) < 4.78 is 25.9. The van der Waals surface area contributed by atoms with Crippen LogP contribution in [0.3, 0.4) is 0 Å². The number of hydrogen-bond donors (Lipinski definition) is 2. The molecule has 1 fully saturated rings. The van der Waals surface area contributed by atoms with Crippen molar-refractivity contribution in [2.24, 2.45) is 10.9 Å². The van der Waals surface area contributed by atoms with E-state index in [4.69, 9.17) is 20.4 Å². The molecular weight excluding hydrogens is 455 g/mol. The van der Waals surface area contributed by atoms with E-state index in [0.717, 1.165) is 5.71 Å². The lowest BCUT2D eigenvalue weighted by molar-refractivity contribution is -0.143. The smallest absolute Gasteiger partial charge is 0.313 e. The van der Waals surface area contributed by atoms with Gasteiger partial charge in [0.2, 0.25) is 5.95 Å². The molecule has 0 spiro atoms. The molecule has 0 bridgehead atoms. The highest BCUT2D eigenvalue weighted by atomic mass is 28.4. The Morgan fingerprint density at radius 3 is 2.50 bits per heavy atom. The number of nitrogens with zero attached hydrogens (tertiary/aromatic N) is 4. The van der Waals surface area contributed by atoms with E-state index < -0.39 is 20.1 Å². The second kappa shape index (κ2) is 9.88. The second-order valence-electron chi connectivity index (χ2n) is 9.78. The molecule has 0 aliphatic carbocycles. The van der Waals surface area contributed by atoms with Crippen LogP contribution in [0.4, 0.5) is 10.3 Å². The van der Waals surface area contributed by atoms with Crippen molar-refractivity contribution in [1.82, 2.24) is 9.97 Å². The first-order valence-electron chi connectivity index (χ1n) is 10.9. The van der Waals surface area contributed by atoms with Gasteiger partial charge in [-0.3, -0.25) is 10.2 Å². The fourth-order valence-corrected chi connectivity index (χ4v) is 3.44. The molecule has 182 valence electrons. The molecule has 0 unspecified atom stereocenters. The molecule has 3 N–H and O–H groups in total. The summed E-state index contributed by atoms with van der Waals surface area (Å²) in [5, 5.41) is 11.6. The number of rotatable bonds is 8. The molecule has 11 heteroatoms. The van der Waals surface area contributed by atoms with E-state index >= 15 is 0 Å². The SMILES string of the molecule is CC(C)(C)[Si](C)(C)ON=C1CN(c2ncc(-c3cccc(COC(=O)CC(=N)N)c3F)cn2)C1. The van der Waals surface area contributed by atoms with Gasteiger partial charge in [-0.05, 0) is 18.1 Å². The lowest BCUT2D eigenvalue weighted by atomic mass is 10.1. The summed E-state index contributed by atoms with van der Waals surface area (Å²) >= 11 is 0. The highest BCUT2D eigenvalue weighted by molar-refractivity contribution is 6.74. The fourth-order valence-electron chi connectivity index (χ4n) is 2.81. The molecule has 9 nitrogen and oxygen atoms in total. The number of benzene rings is 1. The maximum Gasteiger partial charge on any atom is 0.313 e. The fraction of sp³-hybridized carbons (Fsp3) is 0.435. The molecule has 0 atom stereocenters. The normalized spacial score (nSPS) is 13.8. The Hall–Kier alpha value is -3.34. The van der Waals surface area contributed by atoms with E-state index in [0.29, 0.717) is 30.2 Å². The molecule has 0 amide bonds. The molecule has 1 aliphatic rings. The number of hydrogen-bond acceptors (Lipinski definition) is 8. The standard InChI is InChI=1S/C23H31FN6O3Si/c1-23(2,3)34(4,5)33-29-17-12-30(13-17)22-27-10-16(11-28-22)18-8-6-7-15(21(18)24)14-32-20(31)9-19(25)26/h6-8,10-11H,9,12-14H2,1-5H3,(H3,25,26). The molecular formula is C23H31FN6O3Si. The lowest BCUT2D eigenvalue weighted by Gasteiger charge is -2.36. The quantitative estimate of drug-likeness (QED) is 0.191. The van der Waals surface area contributed by atoms with Gasteiger partial charge in [-0.25, -0.2) is 14.4 Å². The van der Waals surface area contributed by atoms with Crippen molar-refractivity contribution >= 4 is 31.8 Å². The molecule has 2 aromatic rings. The summed E-state index contributed by atoms with van der Waals surface area (Å²) in [7, 11) is -1.94. The minimum atomic E-state index is -1.94. The number of ether oxygens (including phenoxy) is 1. The van der Waals surface area contributed by atoms with Crippen molar-refractivity contribution in [1.29, 1.82) is 5.41 Å². The minimum Gasteiger partial charge on any atom is -0.460 e. The van der Waals surface area contributed by atoms with Gasteiger partial charge in [-0.1, -0.05) is 39.0 Å². The summed E-state index contributed by atoms with van der Waals surface area (Å²) in [4.78, 5) is 22.3. The van der Waals surface area contributed by atoms with E-state index in [9.17, 15) is 9.18 Å². The van der Waals surface area contributed by atoms with E-state index in [2.05, 4.69) is 49.0 Å². The van der Waals surface area contributed by atoms with E-state index in [1.807, 2.05) is 4.90 Å². The maximum absolute atomic E-state index is 15.0. The summed E-state index contributed by atoms with van der Waals surface area (Å²) in [5.41, 5.74) is 7.14. The Morgan fingerprint density at radius 1 is 1.26 bits per heavy atom. The maximum atomic E-state index is 15.0. The molecule has 34 heavy (non-hydrogen) atoms. The second-order valence-corrected chi connectivity index (χ2v) is 14.5. The average molecular weight is 487 g/mol. The number of oxime groups is 1. The predicted molar refractivity (Wildman–Crippen MR) is 132 cm³/mol. The number of aromatic nitrogens is 2. The number of halogens is 1. The largest absolute Gasteiger partial charge is 0.460 e. The Kier molecular flexibility index (Phi) is 7.34. The van der Waals surface area contributed by atoms with Crippen molar-refractivity contribution < 1.29 is 18.4 Å². The zero-order chi connectivity index (χ0) is 25.1. The number of anilines is 1. The monoisotopic (exact) mass is 486 g/mol.